The molecule has 0 aliphatic rings. The smallest absolute Gasteiger partial charge is 0.255 e. The van der Waals surface area contributed by atoms with E-state index in [0.717, 1.165) is 19.3 Å². The van der Waals surface area contributed by atoms with Gasteiger partial charge in [-0.15, -0.1) is 0 Å². The number of benzene rings is 1. The van der Waals surface area contributed by atoms with Crippen molar-refractivity contribution in [2.75, 3.05) is 0 Å². The highest BCUT2D eigenvalue weighted by Crippen LogP contribution is 2.21. The lowest BCUT2D eigenvalue weighted by Gasteiger charge is -2.16. The Kier molecular flexibility index (Phi) is 5.29. The third-order valence-electron chi connectivity index (χ3n) is 2.67. The van der Waals surface area contributed by atoms with Crippen LogP contribution in [0.5, 0.6) is 5.75 Å². The van der Waals surface area contributed by atoms with Crippen molar-refractivity contribution in [3.8, 4) is 5.75 Å². The fourth-order valence-electron chi connectivity index (χ4n) is 1.68. The molecule has 17 heavy (non-hydrogen) atoms. The van der Waals surface area contributed by atoms with E-state index in [-0.39, 0.29) is 23.3 Å². The average molecular weight is 256 g/mol. The predicted octanol–water partition coefficient (Wildman–Crippen LogP) is 3.35. The summed E-state index contributed by atoms with van der Waals surface area (Å²) in [5, 5.41) is 12.9. The number of phenols is 1. The number of carbonyl (C=O) groups is 1. The molecule has 1 aromatic carbocycles. The molecule has 3 nitrogen and oxygen atoms in total. The highest BCUT2D eigenvalue weighted by Gasteiger charge is 2.15. The number of amides is 1. The average Bonchev–Trinajstić information content (AvgIpc) is 2.31. The summed E-state index contributed by atoms with van der Waals surface area (Å²) >= 11 is 5.80. The van der Waals surface area contributed by atoms with E-state index in [1.807, 2.05) is 6.92 Å². The normalized spacial score (nSPS) is 12.2. The van der Waals surface area contributed by atoms with Gasteiger partial charge in [0.15, 0.2) is 0 Å². The molecule has 4 heteroatoms. The summed E-state index contributed by atoms with van der Waals surface area (Å²) in [5.74, 6) is -0.316. The number of hydrogen-bond acceptors (Lipinski definition) is 2. The zero-order valence-electron chi connectivity index (χ0n) is 10.2. The summed E-state index contributed by atoms with van der Waals surface area (Å²) in [6, 6.07) is 4.60. The van der Waals surface area contributed by atoms with Gasteiger partial charge in [0, 0.05) is 11.1 Å². The molecule has 94 valence electrons. The van der Waals surface area contributed by atoms with Crippen LogP contribution in [0.3, 0.4) is 0 Å². The number of aromatic hydroxyl groups is 1. The maximum Gasteiger partial charge on any atom is 0.255 e. The van der Waals surface area contributed by atoms with Crippen LogP contribution in [0, 0.1) is 0 Å². The lowest BCUT2D eigenvalue weighted by molar-refractivity contribution is 0.0931. The predicted molar refractivity (Wildman–Crippen MR) is 69.6 cm³/mol. The van der Waals surface area contributed by atoms with E-state index in [2.05, 4.69) is 12.2 Å². The fourth-order valence-corrected chi connectivity index (χ4v) is 1.85. The number of phenolic OH excluding ortho intramolecular Hbond substituents is 1. The van der Waals surface area contributed by atoms with Crippen molar-refractivity contribution in [2.24, 2.45) is 0 Å². The van der Waals surface area contributed by atoms with Crippen LogP contribution in [-0.4, -0.2) is 17.1 Å². The topological polar surface area (TPSA) is 49.3 Å². The van der Waals surface area contributed by atoms with Crippen molar-refractivity contribution in [2.45, 2.75) is 39.2 Å². The van der Waals surface area contributed by atoms with E-state index < -0.39 is 0 Å². The molecule has 2 N–H and O–H groups in total. The van der Waals surface area contributed by atoms with Gasteiger partial charge in [0.05, 0.1) is 5.56 Å². The highest BCUT2D eigenvalue weighted by atomic mass is 35.5. The molecule has 1 atom stereocenters. The molecule has 0 fully saturated rings. The van der Waals surface area contributed by atoms with E-state index in [1.54, 1.807) is 6.07 Å². The van der Waals surface area contributed by atoms with Crippen molar-refractivity contribution in [3.63, 3.8) is 0 Å². The summed E-state index contributed by atoms with van der Waals surface area (Å²) in [4.78, 5) is 11.9. The summed E-state index contributed by atoms with van der Waals surface area (Å²) in [7, 11) is 0. The molecule has 1 unspecified atom stereocenters. The van der Waals surface area contributed by atoms with Crippen molar-refractivity contribution < 1.29 is 9.90 Å². The lowest BCUT2D eigenvalue weighted by atomic mass is 10.1. The minimum Gasteiger partial charge on any atom is -0.507 e. The van der Waals surface area contributed by atoms with Crippen LogP contribution >= 0.6 is 11.6 Å². The zero-order chi connectivity index (χ0) is 12.8. The SMILES string of the molecule is CCCC(CC)NC(=O)c1cc(Cl)ccc1O. The second-order valence-electron chi connectivity index (χ2n) is 4.03. The van der Waals surface area contributed by atoms with E-state index in [9.17, 15) is 9.90 Å². The van der Waals surface area contributed by atoms with E-state index >= 15 is 0 Å². The third kappa shape index (κ3) is 3.93. The summed E-state index contributed by atoms with van der Waals surface area (Å²) in [6.45, 7) is 4.10. The number of halogens is 1. The maximum absolute atomic E-state index is 11.9. The standard InChI is InChI=1S/C13H18ClNO2/c1-3-5-10(4-2)15-13(17)11-8-9(14)6-7-12(11)16/h6-8,10,16H,3-5H2,1-2H3,(H,15,17). The maximum atomic E-state index is 11.9. The minimum atomic E-state index is -0.273. The lowest BCUT2D eigenvalue weighted by Crippen LogP contribution is -2.34. The van der Waals surface area contributed by atoms with Crippen molar-refractivity contribution >= 4 is 17.5 Å². The second-order valence-corrected chi connectivity index (χ2v) is 4.47. The highest BCUT2D eigenvalue weighted by molar-refractivity contribution is 6.31. The Hall–Kier alpha value is -1.22. The fraction of sp³-hybridized carbons (Fsp3) is 0.462. The van der Waals surface area contributed by atoms with Gasteiger partial charge in [-0.1, -0.05) is 31.9 Å². The van der Waals surface area contributed by atoms with Gasteiger partial charge in [-0.05, 0) is 31.0 Å². The molecule has 0 spiro atoms. The third-order valence-corrected chi connectivity index (χ3v) is 2.90. The van der Waals surface area contributed by atoms with Gasteiger partial charge in [0.1, 0.15) is 5.75 Å². The van der Waals surface area contributed by atoms with Crippen LogP contribution in [0.25, 0.3) is 0 Å². The van der Waals surface area contributed by atoms with Gasteiger partial charge >= 0.3 is 0 Å². The monoisotopic (exact) mass is 255 g/mol. The molecule has 0 bridgehead atoms. The molecule has 0 heterocycles. The molecule has 0 aliphatic carbocycles. The number of nitrogens with one attached hydrogen (secondary N) is 1. The van der Waals surface area contributed by atoms with E-state index in [4.69, 9.17) is 11.6 Å². The van der Waals surface area contributed by atoms with Gasteiger partial charge in [-0.25, -0.2) is 0 Å². The Balaban J connectivity index is 2.78. The van der Waals surface area contributed by atoms with Crippen molar-refractivity contribution in [3.05, 3.63) is 28.8 Å². The quantitative estimate of drug-likeness (QED) is 0.848. The van der Waals surface area contributed by atoms with Gasteiger partial charge in [0.25, 0.3) is 5.91 Å². The first-order valence-electron chi connectivity index (χ1n) is 5.87. The van der Waals surface area contributed by atoms with Crippen LogP contribution in [0.1, 0.15) is 43.5 Å². The summed E-state index contributed by atoms with van der Waals surface area (Å²) in [6.07, 6.45) is 2.82. The molecule has 0 aromatic heterocycles. The molecular formula is C13H18ClNO2. The molecule has 1 amide bonds. The minimum absolute atomic E-state index is 0.0433. The molecule has 0 aliphatic heterocycles. The first-order valence-corrected chi connectivity index (χ1v) is 6.25. The molecule has 0 saturated carbocycles. The number of carbonyl (C=O) groups excluding carboxylic acids is 1. The van der Waals surface area contributed by atoms with Gasteiger partial charge in [0.2, 0.25) is 0 Å². The Morgan fingerprint density at radius 3 is 2.76 bits per heavy atom. The van der Waals surface area contributed by atoms with E-state index in [0.29, 0.717) is 5.02 Å². The number of hydrogen-bond donors (Lipinski definition) is 2. The van der Waals surface area contributed by atoms with Crippen molar-refractivity contribution in [1.82, 2.24) is 5.32 Å². The summed E-state index contributed by atoms with van der Waals surface area (Å²) in [5.41, 5.74) is 0.229. The van der Waals surface area contributed by atoms with Gasteiger partial charge in [-0.3, -0.25) is 4.79 Å². The molecule has 1 rings (SSSR count). The van der Waals surface area contributed by atoms with Crippen LogP contribution in [-0.2, 0) is 0 Å². The Morgan fingerprint density at radius 1 is 1.47 bits per heavy atom. The van der Waals surface area contributed by atoms with Gasteiger partial charge < -0.3 is 10.4 Å². The second kappa shape index (κ2) is 6.50. The van der Waals surface area contributed by atoms with Gasteiger partial charge in [-0.2, -0.15) is 0 Å². The molecule has 0 saturated heterocycles. The van der Waals surface area contributed by atoms with Crippen LogP contribution in [0.15, 0.2) is 18.2 Å². The largest absolute Gasteiger partial charge is 0.507 e. The molecule has 0 radical (unpaired) electrons. The van der Waals surface area contributed by atoms with Crippen LogP contribution in [0.2, 0.25) is 5.02 Å². The first-order chi connectivity index (χ1) is 8.08. The van der Waals surface area contributed by atoms with Crippen LogP contribution in [0.4, 0.5) is 0 Å². The Bertz CT molecular complexity index is 393. The summed E-state index contributed by atoms with van der Waals surface area (Å²) < 4.78 is 0. The molecule has 1 aromatic rings. The van der Waals surface area contributed by atoms with Crippen LogP contribution < -0.4 is 5.32 Å². The number of rotatable bonds is 5. The Morgan fingerprint density at radius 2 is 2.18 bits per heavy atom. The Labute approximate surface area is 107 Å². The first kappa shape index (κ1) is 13.8. The zero-order valence-corrected chi connectivity index (χ0v) is 10.9. The van der Waals surface area contributed by atoms with E-state index in [1.165, 1.54) is 12.1 Å². The molecular weight excluding hydrogens is 238 g/mol. The van der Waals surface area contributed by atoms with Crippen molar-refractivity contribution in [1.29, 1.82) is 0 Å².